The molecular weight excluding hydrogens is 180 g/mol. The third kappa shape index (κ3) is 7.93. The molecule has 0 aromatic rings. The summed E-state index contributed by atoms with van der Waals surface area (Å²) in [7, 11) is -0.957. The van der Waals surface area contributed by atoms with E-state index in [1.807, 2.05) is 13.8 Å². The molecule has 0 saturated heterocycles. The molecule has 0 N–H and O–H groups in total. The molecule has 2 nitrogen and oxygen atoms in total. The minimum atomic E-state index is -0.957. The molecule has 0 aliphatic heterocycles. The molecule has 1 unspecified atom stereocenters. The van der Waals surface area contributed by atoms with Gasteiger partial charge in [-0.15, -0.1) is 0 Å². The normalized spacial score (nSPS) is 13.5. The van der Waals surface area contributed by atoms with Crippen LogP contribution in [0.25, 0.3) is 0 Å². The molecule has 0 spiro atoms. The SMILES string of the molecule is CC=CC(=O)CCC[SiH](C)OCC. The van der Waals surface area contributed by atoms with Crippen molar-refractivity contribution in [3.05, 3.63) is 12.2 Å². The van der Waals surface area contributed by atoms with E-state index in [-0.39, 0.29) is 5.78 Å². The van der Waals surface area contributed by atoms with Gasteiger partial charge in [0.05, 0.1) is 0 Å². The molecule has 0 radical (unpaired) electrons. The molecular formula is C10H20O2Si. The molecule has 0 amide bonds. The van der Waals surface area contributed by atoms with E-state index in [0.29, 0.717) is 6.42 Å². The molecule has 1 atom stereocenters. The second-order valence-electron chi connectivity index (χ2n) is 3.12. The summed E-state index contributed by atoms with van der Waals surface area (Å²) in [6, 6.07) is 1.11. The van der Waals surface area contributed by atoms with Crippen molar-refractivity contribution < 1.29 is 9.22 Å². The molecule has 13 heavy (non-hydrogen) atoms. The molecule has 0 aromatic heterocycles. The topological polar surface area (TPSA) is 26.3 Å². The lowest BCUT2D eigenvalue weighted by Crippen LogP contribution is -2.12. The van der Waals surface area contributed by atoms with E-state index >= 15 is 0 Å². The van der Waals surface area contributed by atoms with E-state index in [1.54, 1.807) is 12.2 Å². The van der Waals surface area contributed by atoms with Gasteiger partial charge in [0.1, 0.15) is 0 Å². The van der Waals surface area contributed by atoms with Crippen LogP contribution in [0.4, 0.5) is 0 Å². The van der Waals surface area contributed by atoms with Crippen LogP contribution in [0.3, 0.4) is 0 Å². The van der Waals surface area contributed by atoms with Crippen LogP contribution >= 0.6 is 0 Å². The lowest BCUT2D eigenvalue weighted by Gasteiger charge is -2.07. The van der Waals surface area contributed by atoms with Gasteiger partial charge in [0.25, 0.3) is 0 Å². The third-order valence-electron chi connectivity index (χ3n) is 1.84. The Kier molecular flexibility index (Phi) is 7.94. The first-order chi connectivity index (χ1) is 6.20. The highest BCUT2D eigenvalue weighted by molar-refractivity contribution is 6.50. The van der Waals surface area contributed by atoms with E-state index in [2.05, 4.69) is 6.55 Å². The summed E-state index contributed by atoms with van der Waals surface area (Å²) in [6.07, 6.45) is 5.10. The maximum absolute atomic E-state index is 11.1. The molecule has 0 rings (SSSR count). The van der Waals surface area contributed by atoms with Crippen molar-refractivity contribution in [2.45, 2.75) is 39.3 Å². The monoisotopic (exact) mass is 200 g/mol. The number of rotatable bonds is 7. The fourth-order valence-electron chi connectivity index (χ4n) is 1.20. The number of hydrogen-bond acceptors (Lipinski definition) is 2. The van der Waals surface area contributed by atoms with Crippen LogP contribution in [-0.2, 0) is 9.22 Å². The standard InChI is InChI=1S/C10H20O2Si/c1-4-7-10(11)8-6-9-13(3)12-5-2/h4,7,13H,5-6,8-9H2,1-3H3. The number of allylic oxidation sites excluding steroid dienone is 2. The van der Waals surface area contributed by atoms with Crippen LogP contribution in [0.2, 0.25) is 12.6 Å². The molecule has 0 bridgehead atoms. The predicted octanol–water partition coefficient (Wildman–Crippen LogP) is 2.30. The second kappa shape index (κ2) is 8.20. The summed E-state index contributed by atoms with van der Waals surface area (Å²) in [6.45, 7) is 6.89. The zero-order valence-electron chi connectivity index (χ0n) is 8.88. The Bertz CT molecular complexity index is 166. The Morgan fingerprint density at radius 1 is 1.54 bits per heavy atom. The Balaban J connectivity index is 3.39. The van der Waals surface area contributed by atoms with Crippen molar-refractivity contribution >= 4 is 14.8 Å². The minimum Gasteiger partial charge on any atom is -0.421 e. The van der Waals surface area contributed by atoms with Gasteiger partial charge in [-0.2, -0.15) is 0 Å². The highest BCUT2D eigenvalue weighted by Crippen LogP contribution is 2.03. The van der Waals surface area contributed by atoms with E-state index in [9.17, 15) is 4.79 Å². The lowest BCUT2D eigenvalue weighted by atomic mass is 10.2. The zero-order valence-corrected chi connectivity index (χ0v) is 10.0. The lowest BCUT2D eigenvalue weighted by molar-refractivity contribution is -0.114. The van der Waals surface area contributed by atoms with Crippen molar-refractivity contribution in [2.24, 2.45) is 0 Å². The number of carbonyl (C=O) groups is 1. The van der Waals surface area contributed by atoms with Crippen LogP contribution < -0.4 is 0 Å². The van der Waals surface area contributed by atoms with Gasteiger partial charge in [-0.3, -0.25) is 4.79 Å². The maximum atomic E-state index is 11.1. The summed E-state index contributed by atoms with van der Waals surface area (Å²) in [4.78, 5) is 11.1. The first-order valence-electron chi connectivity index (χ1n) is 4.97. The van der Waals surface area contributed by atoms with Crippen LogP contribution in [-0.4, -0.2) is 21.4 Å². The first kappa shape index (κ1) is 12.6. The molecule has 0 aliphatic carbocycles. The van der Waals surface area contributed by atoms with E-state index in [0.717, 1.165) is 19.1 Å². The summed E-state index contributed by atoms with van der Waals surface area (Å²) in [5, 5.41) is 0. The number of hydrogen-bond donors (Lipinski definition) is 0. The van der Waals surface area contributed by atoms with Gasteiger partial charge in [-0.1, -0.05) is 6.08 Å². The average molecular weight is 200 g/mol. The minimum absolute atomic E-state index is 0.236. The fraction of sp³-hybridized carbons (Fsp3) is 0.700. The molecule has 0 heterocycles. The number of ketones is 1. The zero-order chi connectivity index (χ0) is 10.1. The molecule has 3 heteroatoms. The summed E-state index contributed by atoms with van der Waals surface area (Å²) in [5.41, 5.74) is 0. The van der Waals surface area contributed by atoms with Crippen LogP contribution in [0.5, 0.6) is 0 Å². The smallest absolute Gasteiger partial charge is 0.173 e. The van der Waals surface area contributed by atoms with Gasteiger partial charge < -0.3 is 4.43 Å². The fourth-order valence-corrected chi connectivity index (χ4v) is 2.72. The average Bonchev–Trinajstić information content (AvgIpc) is 2.05. The highest BCUT2D eigenvalue weighted by atomic mass is 28.3. The Morgan fingerprint density at radius 2 is 2.23 bits per heavy atom. The third-order valence-corrected chi connectivity index (χ3v) is 3.96. The molecule has 0 fully saturated rings. The van der Waals surface area contributed by atoms with Gasteiger partial charge in [0.2, 0.25) is 0 Å². The van der Waals surface area contributed by atoms with Gasteiger partial charge in [-0.05, 0) is 38.9 Å². The summed E-state index contributed by atoms with van der Waals surface area (Å²) < 4.78 is 5.49. The van der Waals surface area contributed by atoms with E-state index in [4.69, 9.17) is 4.43 Å². The summed E-state index contributed by atoms with van der Waals surface area (Å²) >= 11 is 0. The Hall–Kier alpha value is -0.413. The second-order valence-corrected chi connectivity index (χ2v) is 5.66. The van der Waals surface area contributed by atoms with Crippen molar-refractivity contribution in [1.82, 2.24) is 0 Å². The largest absolute Gasteiger partial charge is 0.421 e. The van der Waals surface area contributed by atoms with Crippen molar-refractivity contribution in [2.75, 3.05) is 6.61 Å². The molecule has 0 aromatic carbocycles. The molecule has 76 valence electrons. The van der Waals surface area contributed by atoms with E-state index < -0.39 is 9.04 Å². The van der Waals surface area contributed by atoms with Gasteiger partial charge >= 0.3 is 0 Å². The Labute approximate surface area is 82.7 Å². The molecule has 0 aliphatic rings. The summed E-state index contributed by atoms with van der Waals surface area (Å²) in [5.74, 6) is 0.236. The van der Waals surface area contributed by atoms with Gasteiger partial charge in [0, 0.05) is 13.0 Å². The van der Waals surface area contributed by atoms with Crippen LogP contribution in [0.15, 0.2) is 12.2 Å². The first-order valence-corrected chi connectivity index (χ1v) is 7.42. The Morgan fingerprint density at radius 3 is 2.77 bits per heavy atom. The molecule has 0 saturated carbocycles. The maximum Gasteiger partial charge on any atom is 0.173 e. The van der Waals surface area contributed by atoms with E-state index in [1.165, 1.54) is 0 Å². The van der Waals surface area contributed by atoms with Crippen molar-refractivity contribution in [3.63, 3.8) is 0 Å². The van der Waals surface area contributed by atoms with Gasteiger partial charge in [0.15, 0.2) is 14.8 Å². The van der Waals surface area contributed by atoms with Crippen LogP contribution in [0.1, 0.15) is 26.7 Å². The highest BCUT2D eigenvalue weighted by Gasteiger charge is 2.04. The van der Waals surface area contributed by atoms with Crippen molar-refractivity contribution in [1.29, 1.82) is 0 Å². The van der Waals surface area contributed by atoms with Crippen molar-refractivity contribution in [3.8, 4) is 0 Å². The quantitative estimate of drug-likeness (QED) is 0.465. The number of carbonyl (C=O) groups excluding carboxylic acids is 1. The predicted molar refractivity (Wildman–Crippen MR) is 58.5 cm³/mol. The van der Waals surface area contributed by atoms with Gasteiger partial charge in [-0.25, -0.2) is 0 Å². The van der Waals surface area contributed by atoms with Crippen LogP contribution in [0, 0.1) is 0 Å².